The summed E-state index contributed by atoms with van der Waals surface area (Å²) < 4.78 is 19.0. The number of benzene rings is 2. The van der Waals surface area contributed by atoms with E-state index in [0.717, 1.165) is 22.3 Å². The van der Waals surface area contributed by atoms with E-state index in [2.05, 4.69) is 34.1 Å². The van der Waals surface area contributed by atoms with Gasteiger partial charge in [0.1, 0.15) is 11.4 Å². The van der Waals surface area contributed by atoms with Gasteiger partial charge in [-0.15, -0.1) is 0 Å². The van der Waals surface area contributed by atoms with Crippen molar-refractivity contribution in [3.63, 3.8) is 0 Å². The van der Waals surface area contributed by atoms with Crippen LogP contribution in [0.3, 0.4) is 0 Å². The van der Waals surface area contributed by atoms with Crippen molar-refractivity contribution in [1.82, 2.24) is 15.2 Å². The van der Waals surface area contributed by atoms with E-state index >= 15 is 0 Å². The van der Waals surface area contributed by atoms with Crippen molar-refractivity contribution in [3.05, 3.63) is 66.1 Å². The number of rotatable bonds is 9. The fourth-order valence-electron chi connectivity index (χ4n) is 4.45. The number of piperidine rings is 1. The first-order chi connectivity index (χ1) is 18.4. The lowest BCUT2D eigenvalue weighted by Crippen LogP contribution is -2.31. The summed E-state index contributed by atoms with van der Waals surface area (Å²) in [5, 5.41) is 17.1. The Morgan fingerprint density at radius 2 is 2.00 bits per heavy atom. The summed E-state index contributed by atoms with van der Waals surface area (Å²) in [7, 11) is 5.82. The van der Waals surface area contributed by atoms with Crippen LogP contribution in [0.25, 0.3) is 22.0 Å². The quantitative estimate of drug-likeness (QED) is 0.294. The average Bonchev–Trinajstić information content (AvgIpc) is 2.95. The standard InChI is InChI=1S/C21H16FN3O2.C9H20N2/c1-13(10-23)11-24-21-16-9-15(4-3-14(16)5-8-20(21)27-2)18-7-6-17(22)19(12-26)25-18;1-10-6-3-9-4-7-11(2)8-5-9/h3-9,12,24H,1,11H2,2H3;9-10H,3-8H2,1-2H3. The Balaban J connectivity index is 0.000000304. The first-order valence-corrected chi connectivity index (χ1v) is 12.8. The van der Waals surface area contributed by atoms with E-state index in [4.69, 9.17) is 10.00 Å². The molecule has 0 saturated carbocycles. The molecule has 0 radical (unpaired) electrons. The average molecular weight is 518 g/mol. The van der Waals surface area contributed by atoms with Crippen molar-refractivity contribution in [2.75, 3.05) is 52.7 Å². The van der Waals surface area contributed by atoms with Gasteiger partial charge in [-0.3, -0.25) is 4.79 Å². The fourth-order valence-corrected chi connectivity index (χ4v) is 4.45. The molecule has 2 N–H and O–H groups in total. The highest BCUT2D eigenvalue weighted by Crippen LogP contribution is 2.35. The third kappa shape index (κ3) is 7.60. The molecule has 0 aliphatic carbocycles. The van der Waals surface area contributed by atoms with Crippen molar-refractivity contribution < 1.29 is 13.9 Å². The molecular weight excluding hydrogens is 481 g/mol. The van der Waals surface area contributed by atoms with Crippen molar-refractivity contribution in [2.45, 2.75) is 19.3 Å². The number of aromatic nitrogens is 1. The van der Waals surface area contributed by atoms with Crippen LogP contribution in [0, 0.1) is 23.1 Å². The molecule has 0 atom stereocenters. The number of nitrogens with zero attached hydrogens (tertiary/aromatic N) is 3. The minimum atomic E-state index is -0.659. The molecule has 1 fully saturated rings. The van der Waals surface area contributed by atoms with E-state index in [9.17, 15) is 9.18 Å². The number of anilines is 1. The maximum Gasteiger partial charge on any atom is 0.171 e. The SMILES string of the molecule is C=C(C#N)CNc1c(OC)ccc2ccc(-c3ccc(F)c(C=O)n3)cc12.CNCCC1CCN(C)CC1. The summed E-state index contributed by atoms with van der Waals surface area (Å²) in [6.45, 7) is 7.74. The molecule has 8 heteroatoms. The highest BCUT2D eigenvalue weighted by molar-refractivity contribution is 5.99. The van der Waals surface area contributed by atoms with E-state index in [-0.39, 0.29) is 12.2 Å². The van der Waals surface area contributed by atoms with Crippen molar-refractivity contribution in [3.8, 4) is 23.1 Å². The number of fused-ring (bicyclic) bond motifs is 1. The maximum absolute atomic E-state index is 13.6. The summed E-state index contributed by atoms with van der Waals surface area (Å²) in [4.78, 5) is 17.5. The Labute approximate surface area is 224 Å². The van der Waals surface area contributed by atoms with Gasteiger partial charge in [-0.25, -0.2) is 9.37 Å². The van der Waals surface area contributed by atoms with E-state index in [1.165, 1.54) is 51.0 Å². The molecule has 2 aromatic carbocycles. The predicted octanol–water partition coefficient (Wildman–Crippen LogP) is 5.29. The number of hydrogen-bond acceptors (Lipinski definition) is 7. The second-order valence-electron chi connectivity index (χ2n) is 9.47. The Morgan fingerprint density at radius 3 is 2.66 bits per heavy atom. The zero-order chi connectivity index (χ0) is 27.5. The predicted molar refractivity (Wildman–Crippen MR) is 151 cm³/mol. The number of halogens is 1. The molecule has 0 unspecified atom stereocenters. The van der Waals surface area contributed by atoms with Crippen LogP contribution in [0.15, 0.2) is 54.6 Å². The molecule has 1 aromatic heterocycles. The van der Waals surface area contributed by atoms with Gasteiger partial charge in [-0.1, -0.05) is 24.8 Å². The smallest absolute Gasteiger partial charge is 0.171 e. The van der Waals surface area contributed by atoms with E-state index in [0.29, 0.717) is 29.0 Å². The first-order valence-electron chi connectivity index (χ1n) is 12.8. The number of carbonyl (C=O) groups is 1. The Morgan fingerprint density at radius 1 is 1.26 bits per heavy atom. The molecule has 0 bridgehead atoms. The van der Waals surface area contributed by atoms with E-state index in [1.54, 1.807) is 7.11 Å². The molecule has 4 rings (SSSR count). The first kappa shape index (κ1) is 28.8. The number of pyridine rings is 1. The summed E-state index contributed by atoms with van der Waals surface area (Å²) in [6, 6.07) is 14.1. The van der Waals surface area contributed by atoms with Gasteiger partial charge in [0.2, 0.25) is 0 Å². The molecule has 1 aliphatic rings. The van der Waals surface area contributed by atoms with Gasteiger partial charge in [0.05, 0.1) is 24.6 Å². The molecule has 2 heterocycles. The van der Waals surface area contributed by atoms with Gasteiger partial charge in [0.15, 0.2) is 12.1 Å². The van der Waals surface area contributed by atoms with Crippen molar-refractivity contribution in [1.29, 1.82) is 5.26 Å². The highest BCUT2D eigenvalue weighted by Gasteiger charge is 2.15. The van der Waals surface area contributed by atoms with Crippen molar-refractivity contribution in [2.24, 2.45) is 5.92 Å². The number of aldehydes is 1. The van der Waals surface area contributed by atoms with Crippen LogP contribution in [0.1, 0.15) is 29.8 Å². The summed E-state index contributed by atoms with van der Waals surface area (Å²) >= 11 is 0. The fraction of sp³-hybridized carbons (Fsp3) is 0.367. The molecule has 0 amide bonds. The van der Waals surface area contributed by atoms with E-state index in [1.807, 2.05) is 43.4 Å². The Bertz CT molecular complexity index is 1290. The van der Waals surface area contributed by atoms with Crippen molar-refractivity contribution >= 4 is 22.7 Å². The van der Waals surface area contributed by atoms with Crippen LogP contribution in [0.4, 0.5) is 10.1 Å². The van der Waals surface area contributed by atoms with Crippen LogP contribution in [0.5, 0.6) is 5.75 Å². The zero-order valence-corrected chi connectivity index (χ0v) is 22.4. The number of methoxy groups -OCH3 is 1. The van der Waals surface area contributed by atoms with Crippen LogP contribution >= 0.6 is 0 Å². The maximum atomic E-state index is 13.6. The van der Waals surface area contributed by atoms with Crippen LogP contribution in [-0.4, -0.2) is 63.6 Å². The molecule has 0 spiro atoms. The molecule has 38 heavy (non-hydrogen) atoms. The minimum absolute atomic E-state index is 0.234. The molecule has 3 aromatic rings. The topological polar surface area (TPSA) is 90.3 Å². The normalized spacial score (nSPS) is 13.8. The number of nitrogens with one attached hydrogen (secondary N) is 2. The molecule has 1 saturated heterocycles. The minimum Gasteiger partial charge on any atom is -0.495 e. The van der Waals surface area contributed by atoms with Crippen LogP contribution in [0.2, 0.25) is 0 Å². The van der Waals surface area contributed by atoms with Crippen LogP contribution < -0.4 is 15.4 Å². The second-order valence-corrected chi connectivity index (χ2v) is 9.47. The van der Waals surface area contributed by atoms with Gasteiger partial charge >= 0.3 is 0 Å². The second kappa shape index (κ2) is 14.2. The highest BCUT2D eigenvalue weighted by atomic mass is 19.1. The lowest BCUT2D eigenvalue weighted by atomic mass is 9.94. The number of ether oxygens (including phenoxy) is 1. The van der Waals surface area contributed by atoms with Gasteiger partial charge in [0, 0.05) is 23.1 Å². The monoisotopic (exact) mass is 517 g/mol. The summed E-state index contributed by atoms with van der Waals surface area (Å²) in [6.07, 6.45) is 4.56. The number of likely N-dealkylation sites (tertiary alicyclic amines) is 1. The lowest BCUT2D eigenvalue weighted by Gasteiger charge is -2.28. The largest absolute Gasteiger partial charge is 0.495 e. The Hall–Kier alpha value is -3.80. The summed E-state index contributed by atoms with van der Waals surface area (Å²) in [5.74, 6) is 0.943. The van der Waals surface area contributed by atoms with Gasteiger partial charge < -0.3 is 20.3 Å². The lowest BCUT2D eigenvalue weighted by molar-refractivity contribution is 0.111. The zero-order valence-electron chi connectivity index (χ0n) is 22.4. The van der Waals surface area contributed by atoms with Gasteiger partial charge in [0.25, 0.3) is 0 Å². The molecule has 7 nitrogen and oxygen atoms in total. The molecule has 1 aliphatic heterocycles. The van der Waals surface area contributed by atoms with Crippen LogP contribution in [-0.2, 0) is 0 Å². The van der Waals surface area contributed by atoms with Gasteiger partial charge in [-0.05, 0) is 88.6 Å². The molecule has 200 valence electrons. The third-order valence-electron chi connectivity index (χ3n) is 6.76. The number of nitriles is 1. The molecular formula is C30H36FN5O2. The summed E-state index contributed by atoms with van der Waals surface area (Å²) in [5.41, 5.74) is 2.07. The number of hydrogen-bond donors (Lipinski definition) is 2. The van der Waals surface area contributed by atoms with Gasteiger partial charge in [-0.2, -0.15) is 5.26 Å². The number of carbonyl (C=O) groups excluding carboxylic acids is 1. The third-order valence-corrected chi connectivity index (χ3v) is 6.76. The van der Waals surface area contributed by atoms with E-state index < -0.39 is 5.82 Å². The Kier molecular flexibility index (Phi) is 10.8.